The molecule has 4 rings (SSSR count). The lowest BCUT2D eigenvalue weighted by Gasteiger charge is -2.10. The molecule has 4 aromatic rings. The van der Waals surface area contributed by atoms with Crippen LogP contribution in [-0.2, 0) is 6.18 Å². The molecule has 0 bridgehead atoms. The minimum absolute atomic E-state index is 0.109. The van der Waals surface area contributed by atoms with Crippen LogP contribution in [0.4, 0.5) is 13.2 Å². The van der Waals surface area contributed by atoms with E-state index in [4.69, 9.17) is 0 Å². The van der Waals surface area contributed by atoms with Crippen molar-refractivity contribution in [1.82, 2.24) is 14.4 Å². The number of aromatic nitrogens is 3. The number of nitrogens with one attached hydrogen (secondary N) is 1. The second-order valence-electron chi connectivity index (χ2n) is 5.35. The van der Waals surface area contributed by atoms with E-state index in [0.717, 1.165) is 17.7 Å². The smallest absolute Gasteiger partial charge is 0.317 e. The fraction of sp³-hybridized carbons (Fsp3) is 0.0588. The summed E-state index contributed by atoms with van der Waals surface area (Å²) in [5, 5.41) is 0. The molecule has 0 saturated carbocycles. The van der Waals surface area contributed by atoms with Gasteiger partial charge in [-0.15, -0.1) is 0 Å². The highest BCUT2D eigenvalue weighted by Gasteiger charge is 2.30. The van der Waals surface area contributed by atoms with Crippen LogP contribution in [0.5, 0.6) is 0 Å². The van der Waals surface area contributed by atoms with Gasteiger partial charge in [-0.1, -0.05) is 30.3 Å². The lowest BCUT2D eigenvalue weighted by atomic mass is 10.1. The van der Waals surface area contributed by atoms with Crippen LogP contribution in [0.15, 0.2) is 59.5 Å². The molecule has 0 spiro atoms. The quantitative estimate of drug-likeness (QED) is 0.576. The summed E-state index contributed by atoms with van der Waals surface area (Å²) in [5.74, 6) is 0. The van der Waals surface area contributed by atoms with E-state index >= 15 is 0 Å². The summed E-state index contributed by atoms with van der Waals surface area (Å²) in [5.41, 5.74) is 0.807. The van der Waals surface area contributed by atoms with Gasteiger partial charge in [0.2, 0.25) is 5.65 Å². The first-order valence-corrected chi connectivity index (χ1v) is 7.11. The van der Waals surface area contributed by atoms with Crippen LogP contribution >= 0.6 is 0 Å². The van der Waals surface area contributed by atoms with Gasteiger partial charge in [0.15, 0.2) is 0 Å². The number of hydrogen-bond acceptors (Lipinski definition) is 2. The fourth-order valence-corrected chi connectivity index (χ4v) is 2.75. The van der Waals surface area contributed by atoms with Gasteiger partial charge in [0.05, 0.1) is 28.5 Å². The topological polar surface area (TPSA) is 50.2 Å². The van der Waals surface area contributed by atoms with Gasteiger partial charge in [0, 0.05) is 5.56 Å². The van der Waals surface area contributed by atoms with Gasteiger partial charge in [0.25, 0.3) is 5.56 Å². The van der Waals surface area contributed by atoms with E-state index in [0.29, 0.717) is 11.2 Å². The molecule has 0 radical (unpaired) electrons. The van der Waals surface area contributed by atoms with Gasteiger partial charge in [0.1, 0.15) is 0 Å². The van der Waals surface area contributed by atoms with Crippen LogP contribution in [0.3, 0.4) is 0 Å². The van der Waals surface area contributed by atoms with Crippen molar-refractivity contribution in [2.75, 3.05) is 0 Å². The van der Waals surface area contributed by atoms with E-state index in [-0.39, 0.29) is 11.2 Å². The first-order valence-electron chi connectivity index (χ1n) is 7.11. The van der Waals surface area contributed by atoms with Crippen LogP contribution in [0.2, 0.25) is 0 Å². The Kier molecular flexibility index (Phi) is 2.99. The molecular formula is C17H10F3N3O. The van der Waals surface area contributed by atoms with Gasteiger partial charge in [-0.05, 0) is 18.2 Å². The summed E-state index contributed by atoms with van der Waals surface area (Å²) in [6, 6.07) is 12.5. The first-order chi connectivity index (χ1) is 11.4. The van der Waals surface area contributed by atoms with Crippen molar-refractivity contribution >= 4 is 16.7 Å². The van der Waals surface area contributed by atoms with Gasteiger partial charge in [-0.25, -0.2) is 4.98 Å². The fourth-order valence-electron chi connectivity index (χ4n) is 2.75. The number of benzene rings is 2. The largest absolute Gasteiger partial charge is 0.416 e. The molecule has 7 heteroatoms. The van der Waals surface area contributed by atoms with Crippen molar-refractivity contribution in [2.24, 2.45) is 0 Å². The number of halogens is 3. The highest BCUT2D eigenvalue weighted by molar-refractivity contribution is 5.81. The molecule has 0 fully saturated rings. The van der Waals surface area contributed by atoms with Gasteiger partial charge in [-0.2, -0.15) is 13.2 Å². The average molecular weight is 329 g/mol. The second-order valence-corrected chi connectivity index (χ2v) is 5.35. The van der Waals surface area contributed by atoms with Gasteiger partial charge in [-0.3, -0.25) is 9.20 Å². The number of H-pyrrole nitrogens is 1. The lowest BCUT2D eigenvalue weighted by Crippen LogP contribution is -2.12. The Balaban J connectivity index is 2.10. The number of aromatic amines is 1. The zero-order valence-electron chi connectivity index (χ0n) is 12.1. The average Bonchev–Trinajstić information content (AvgIpc) is 3.00. The molecule has 0 amide bonds. The maximum Gasteiger partial charge on any atom is 0.416 e. The predicted molar refractivity (Wildman–Crippen MR) is 83.8 cm³/mol. The molecular weight excluding hydrogens is 319 g/mol. The Bertz CT molecular complexity index is 1110. The van der Waals surface area contributed by atoms with E-state index < -0.39 is 17.3 Å². The molecule has 0 aliphatic carbocycles. The van der Waals surface area contributed by atoms with E-state index in [1.807, 2.05) is 30.3 Å². The number of fused-ring (bicyclic) bond motifs is 3. The summed E-state index contributed by atoms with van der Waals surface area (Å²) in [6.45, 7) is 0. The Labute approximate surface area is 133 Å². The van der Waals surface area contributed by atoms with Gasteiger partial charge >= 0.3 is 6.18 Å². The SMILES string of the molecule is O=c1[nH]c2cc(C(F)(F)F)ccc2n2c(-c3ccccc3)cnc12. The summed E-state index contributed by atoms with van der Waals surface area (Å²) in [6.07, 6.45) is -2.94. The standard InChI is InChI=1S/C17H10F3N3O/c18-17(19,20)11-6-7-13-12(8-11)22-16(24)15-21-9-14(23(13)15)10-4-2-1-3-5-10/h1-9H,(H,22,24). The number of nitrogens with zero attached hydrogens (tertiary/aromatic N) is 2. The molecule has 1 N–H and O–H groups in total. The van der Waals surface area contributed by atoms with Crippen molar-refractivity contribution < 1.29 is 13.2 Å². The second kappa shape index (κ2) is 4.95. The van der Waals surface area contributed by atoms with Crippen LogP contribution in [-0.4, -0.2) is 14.4 Å². The Morgan fingerprint density at radius 2 is 1.79 bits per heavy atom. The van der Waals surface area contributed by atoms with Crippen LogP contribution in [0.1, 0.15) is 5.56 Å². The normalized spacial score (nSPS) is 12.1. The molecule has 4 nitrogen and oxygen atoms in total. The highest BCUT2D eigenvalue weighted by Crippen LogP contribution is 2.31. The molecule has 0 aliphatic rings. The zero-order chi connectivity index (χ0) is 16.9. The summed E-state index contributed by atoms with van der Waals surface area (Å²) >= 11 is 0. The van der Waals surface area contributed by atoms with E-state index in [1.165, 1.54) is 12.3 Å². The van der Waals surface area contributed by atoms with E-state index in [1.54, 1.807) is 4.40 Å². The third-order valence-electron chi connectivity index (χ3n) is 3.85. The first kappa shape index (κ1) is 14.5. The van der Waals surface area contributed by atoms with Crippen molar-refractivity contribution in [1.29, 1.82) is 0 Å². The maximum absolute atomic E-state index is 12.9. The monoisotopic (exact) mass is 329 g/mol. The molecule has 2 heterocycles. The molecule has 2 aromatic carbocycles. The molecule has 24 heavy (non-hydrogen) atoms. The number of rotatable bonds is 1. The number of alkyl halides is 3. The summed E-state index contributed by atoms with van der Waals surface area (Å²) in [7, 11) is 0. The Morgan fingerprint density at radius 3 is 2.50 bits per heavy atom. The third-order valence-corrected chi connectivity index (χ3v) is 3.85. The van der Waals surface area contributed by atoms with Crippen LogP contribution < -0.4 is 5.56 Å². The molecule has 120 valence electrons. The van der Waals surface area contributed by atoms with E-state index in [2.05, 4.69) is 9.97 Å². The van der Waals surface area contributed by atoms with Crippen LogP contribution in [0.25, 0.3) is 27.9 Å². The molecule has 0 saturated heterocycles. The highest BCUT2D eigenvalue weighted by atomic mass is 19.4. The predicted octanol–water partition coefficient (Wildman–Crippen LogP) is 3.86. The van der Waals surface area contributed by atoms with Crippen LogP contribution in [0, 0.1) is 0 Å². The molecule has 0 aliphatic heterocycles. The number of hydrogen-bond donors (Lipinski definition) is 1. The third kappa shape index (κ3) is 2.17. The molecule has 2 aromatic heterocycles. The van der Waals surface area contributed by atoms with Crippen molar-refractivity contribution in [3.63, 3.8) is 0 Å². The summed E-state index contributed by atoms with van der Waals surface area (Å²) in [4.78, 5) is 18.8. The number of imidazole rings is 1. The maximum atomic E-state index is 12.9. The van der Waals surface area contributed by atoms with Crippen molar-refractivity contribution in [2.45, 2.75) is 6.18 Å². The Hall–Kier alpha value is -3.09. The lowest BCUT2D eigenvalue weighted by molar-refractivity contribution is -0.137. The summed E-state index contributed by atoms with van der Waals surface area (Å²) < 4.78 is 40.3. The molecule has 0 atom stereocenters. The minimum atomic E-state index is -4.47. The Morgan fingerprint density at radius 1 is 1.04 bits per heavy atom. The minimum Gasteiger partial charge on any atom is -0.317 e. The van der Waals surface area contributed by atoms with Gasteiger partial charge < -0.3 is 4.98 Å². The zero-order valence-corrected chi connectivity index (χ0v) is 12.1. The van der Waals surface area contributed by atoms with Crippen molar-refractivity contribution in [3.8, 4) is 11.3 Å². The van der Waals surface area contributed by atoms with E-state index in [9.17, 15) is 18.0 Å². The van der Waals surface area contributed by atoms with Crippen molar-refractivity contribution in [3.05, 3.63) is 70.6 Å². The molecule has 0 unspecified atom stereocenters.